The van der Waals surface area contributed by atoms with Gasteiger partial charge in [0.1, 0.15) is 11.9 Å². The van der Waals surface area contributed by atoms with E-state index >= 15 is 0 Å². The van der Waals surface area contributed by atoms with Crippen molar-refractivity contribution in [3.63, 3.8) is 0 Å². The van der Waals surface area contributed by atoms with Crippen molar-refractivity contribution in [1.82, 2.24) is 9.97 Å². The van der Waals surface area contributed by atoms with E-state index < -0.39 is 0 Å². The second-order valence-electron chi connectivity index (χ2n) is 4.95. The summed E-state index contributed by atoms with van der Waals surface area (Å²) in [4.78, 5) is 9.13. The van der Waals surface area contributed by atoms with Crippen LogP contribution >= 0.6 is 22.6 Å². The zero-order chi connectivity index (χ0) is 13.7. The molecule has 0 aliphatic heterocycles. The van der Waals surface area contributed by atoms with Gasteiger partial charge in [0.05, 0.1) is 3.57 Å². The third-order valence-electron chi connectivity index (χ3n) is 3.68. The van der Waals surface area contributed by atoms with E-state index in [1.165, 1.54) is 32.1 Å². The highest BCUT2D eigenvalue weighted by Gasteiger charge is 2.28. The highest BCUT2D eigenvalue weighted by atomic mass is 127. The summed E-state index contributed by atoms with van der Waals surface area (Å²) in [5, 5.41) is 3.12. The molecule has 1 saturated carbocycles. The van der Waals surface area contributed by atoms with Crippen molar-refractivity contribution in [3.05, 3.63) is 15.6 Å². The van der Waals surface area contributed by atoms with E-state index in [9.17, 15) is 0 Å². The van der Waals surface area contributed by atoms with Crippen LogP contribution in [0.3, 0.4) is 0 Å². The van der Waals surface area contributed by atoms with E-state index in [-0.39, 0.29) is 6.10 Å². The van der Waals surface area contributed by atoms with E-state index in [4.69, 9.17) is 4.74 Å². The molecule has 4 nitrogen and oxygen atoms in total. The van der Waals surface area contributed by atoms with Crippen LogP contribution < -0.4 is 5.32 Å². The molecule has 1 aromatic heterocycles. The molecular formula is C14H22IN3O. The molecule has 0 radical (unpaired) electrons. The Bertz CT molecular complexity index is 408. The molecule has 1 N–H and O–H groups in total. The monoisotopic (exact) mass is 375 g/mol. The lowest BCUT2D eigenvalue weighted by Crippen LogP contribution is -2.21. The summed E-state index contributed by atoms with van der Waals surface area (Å²) in [5.74, 6) is 2.29. The average molecular weight is 375 g/mol. The number of ether oxygens (including phenoxy) is 1. The van der Waals surface area contributed by atoms with Crippen molar-refractivity contribution in [2.24, 2.45) is 5.92 Å². The number of halogens is 1. The first kappa shape index (κ1) is 15.0. The second kappa shape index (κ2) is 7.38. The van der Waals surface area contributed by atoms with Crippen molar-refractivity contribution in [2.45, 2.75) is 45.1 Å². The number of nitrogens with one attached hydrogen (secondary N) is 1. The molecule has 5 heteroatoms. The Morgan fingerprint density at radius 1 is 1.42 bits per heavy atom. The first-order valence-corrected chi connectivity index (χ1v) is 8.16. The van der Waals surface area contributed by atoms with Gasteiger partial charge >= 0.3 is 0 Å². The smallest absolute Gasteiger partial charge is 0.159 e. The van der Waals surface area contributed by atoms with Gasteiger partial charge in [0.25, 0.3) is 0 Å². The Hall–Kier alpha value is -0.430. The van der Waals surface area contributed by atoms with Crippen LogP contribution in [0.1, 0.15) is 51.0 Å². The van der Waals surface area contributed by atoms with Crippen LogP contribution in [-0.4, -0.2) is 23.6 Å². The van der Waals surface area contributed by atoms with Crippen molar-refractivity contribution in [3.8, 4) is 0 Å². The molecule has 1 unspecified atom stereocenters. The Morgan fingerprint density at radius 2 is 2.16 bits per heavy atom. The van der Waals surface area contributed by atoms with Crippen molar-refractivity contribution >= 4 is 28.4 Å². The number of nitrogens with zero attached hydrogens (tertiary/aromatic N) is 2. The van der Waals surface area contributed by atoms with E-state index in [1.54, 1.807) is 0 Å². The molecule has 1 heterocycles. The summed E-state index contributed by atoms with van der Waals surface area (Å²) >= 11 is 2.25. The molecule has 1 atom stereocenters. The fraction of sp³-hybridized carbons (Fsp3) is 0.714. The maximum atomic E-state index is 5.95. The highest BCUT2D eigenvalue weighted by Crippen LogP contribution is 2.36. The van der Waals surface area contributed by atoms with E-state index in [1.807, 2.05) is 20.2 Å². The number of rotatable bonds is 5. The second-order valence-corrected chi connectivity index (χ2v) is 6.11. The van der Waals surface area contributed by atoms with Gasteiger partial charge in [-0.1, -0.05) is 19.3 Å². The minimum atomic E-state index is 0.0504. The van der Waals surface area contributed by atoms with Crippen LogP contribution in [0.25, 0.3) is 0 Å². The molecule has 0 amide bonds. The maximum Gasteiger partial charge on any atom is 0.159 e. The lowest BCUT2D eigenvalue weighted by atomic mass is 9.85. The molecule has 0 saturated heterocycles. The van der Waals surface area contributed by atoms with Crippen LogP contribution in [0.15, 0.2) is 6.20 Å². The van der Waals surface area contributed by atoms with Gasteiger partial charge in [0.15, 0.2) is 5.82 Å². The normalized spacial score (nSPS) is 18.3. The van der Waals surface area contributed by atoms with Gasteiger partial charge < -0.3 is 10.1 Å². The van der Waals surface area contributed by atoms with E-state index in [0.717, 1.165) is 15.2 Å². The Morgan fingerprint density at radius 3 is 2.79 bits per heavy atom. The largest absolute Gasteiger partial charge is 0.372 e. The van der Waals surface area contributed by atoms with Crippen molar-refractivity contribution in [1.29, 1.82) is 0 Å². The van der Waals surface area contributed by atoms with Crippen molar-refractivity contribution in [2.75, 3.05) is 19.0 Å². The molecule has 1 aromatic rings. The van der Waals surface area contributed by atoms with E-state index in [0.29, 0.717) is 12.5 Å². The molecule has 0 aromatic carbocycles. The Kier molecular flexibility index (Phi) is 5.81. The first-order valence-electron chi connectivity index (χ1n) is 7.08. The third kappa shape index (κ3) is 3.78. The topological polar surface area (TPSA) is 47.0 Å². The number of hydrogen-bond donors (Lipinski definition) is 1. The minimum Gasteiger partial charge on any atom is -0.372 e. The first-order chi connectivity index (χ1) is 9.26. The summed E-state index contributed by atoms with van der Waals surface area (Å²) in [6.45, 7) is 2.76. The number of anilines is 1. The van der Waals surface area contributed by atoms with Crippen molar-refractivity contribution < 1.29 is 4.74 Å². The molecule has 1 aliphatic carbocycles. The predicted octanol–water partition coefficient (Wildman–Crippen LogP) is 3.78. The molecule has 0 bridgehead atoms. The van der Waals surface area contributed by atoms with Gasteiger partial charge in [0, 0.05) is 19.9 Å². The zero-order valence-electron chi connectivity index (χ0n) is 11.7. The fourth-order valence-electron chi connectivity index (χ4n) is 2.73. The Balaban J connectivity index is 2.22. The summed E-state index contributed by atoms with van der Waals surface area (Å²) < 4.78 is 7.00. The van der Waals surface area contributed by atoms with Gasteiger partial charge in [-0.05, 0) is 48.3 Å². The predicted molar refractivity (Wildman–Crippen MR) is 85.2 cm³/mol. The van der Waals surface area contributed by atoms with Crippen LogP contribution in [0.4, 0.5) is 5.82 Å². The van der Waals surface area contributed by atoms with Gasteiger partial charge in [-0.15, -0.1) is 0 Å². The fourth-order valence-corrected chi connectivity index (χ4v) is 3.26. The lowest BCUT2D eigenvalue weighted by molar-refractivity contribution is -0.000125. The SMILES string of the molecule is CCOC(c1ncc(I)c(NC)n1)C1CCCCC1. The van der Waals surface area contributed by atoms with Crippen LogP contribution in [-0.2, 0) is 4.74 Å². The summed E-state index contributed by atoms with van der Waals surface area (Å²) in [6.07, 6.45) is 8.35. The van der Waals surface area contributed by atoms with Crippen LogP contribution in [0.2, 0.25) is 0 Å². The molecule has 2 rings (SSSR count). The van der Waals surface area contributed by atoms with Gasteiger partial charge in [-0.25, -0.2) is 9.97 Å². The molecule has 1 aliphatic rings. The van der Waals surface area contributed by atoms with Crippen LogP contribution in [0, 0.1) is 9.49 Å². The molecule has 0 spiro atoms. The molecule has 106 valence electrons. The van der Waals surface area contributed by atoms with Gasteiger partial charge in [0.2, 0.25) is 0 Å². The lowest BCUT2D eigenvalue weighted by Gasteiger charge is -2.29. The number of hydrogen-bond acceptors (Lipinski definition) is 4. The highest BCUT2D eigenvalue weighted by molar-refractivity contribution is 14.1. The molecule has 1 fully saturated rings. The standard InChI is InChI=1S/C14H22IN3O/c1-3-19-12(10-7-5-4-6-8-10)14-17-9-11(15)13(16-2)18-14/h9-10,12H,3-8H2,1-2H3,(H,16,17,18). The number of aromatic nitrogens is 2. The zero-order valence-corrected chi connectivity index (χ0v) is 13.8. The van der Waals surface area contributed by atoms with Gasteiger partial charge in [-0.2, -0.15) is 0 Å². The van der Waals surface area contributed by atoms with E-state index in [2.05, 4.69) is 37.9 Å². The third-order valence-corrected chi connectivity index (χ3v) is 4.47. The summed E-state index contributed by atoms with van der Waals surface area (Å²) in [5.41, 5.74) is 0. The molecule has 19 heavy (non-hydrogen) atoms. The minimum absolute atomic E-state index is 0.0504. The maximum absolute atomic E-state index is 5.95. The summed E-state index contributed by atoms with van der Waals surface area (Å²) in [7, 11) is 1.89. The Labute approximate surface area is 128 Å². The van der Waals surface area contributed by atoms with Crippen LogP contribution in [0.5, 0.6) is 0 Å². The summed E-state index contributed by atoms with van der Waals surface area (Å²) in [6, 6.07) is 0. The quantitative estimate of drug-likeness (QED) is 0.796. The molecular weight excluding hydrogens is 353 g/mol. The van der Waals surface area contributed by atoms with Gasteiger partial charge in [-0.3, -0.25) is 0 Å². The average Bonchev–Trinajstić information content (AvgIpc) is 2.46.